The molecule has 0 aliphatic rings. The standard InChI is InChI=1S/C18H24N2S/c1-4-10-19-15(3)16-9-11-20-18(12-16)21-13-17-8-6-5-7-14(17)2/h5-9,11-12,15,19H,4,10,13H2,1-3H3. The summed E-state index contributed by atoms with van der Waals surface area (Å²) in [6, 6.07) is 13.2. The molecule has 2 aromatic rings. The van der Waals surface area contributed by atoms with Crippen LogP contribution in [-0.4, -0.2) is 11.5 Å². The first-order chi connectivity index (χ1) is 10.2. The Hall–Kier alpha value is -1.32. The Morgan fingerprint density at radius 3 is 2.81 bits per heavy atom. The van der Waals surface area contributed by atoms with Gasteiger partial charge in [0.1, 0.15) is 0 Å². The summed E-state index contributed by atoms with van der Waals surface area (Å²) >= 11 is 1.80. The van der Waals surface area contributed by atoms with Crippen molar-refractivity contribution in [3.05, 3.63) is 59.3 Å². The largest absolute Gasteiger partial charge is 0.310 e. The number of aromatic nitrogens is 1. The molecule has 1 unspecified atom stereocenters. The fourth-order valence-electron chi connectivity index (χ4n) is 2.18. The van der Waals surface area contributed by atoms with E-state index < -0.39 is 0 Å². The number of pyridine rings is 1. The van der Waals surface area contributed by atoms with E-state index in [4.69, 9.17) is 0 Å². The van der Waals surface area contributed by atoms with E-state index in [-0.39, 0.29) is 0 Å². The van der Waals surface area contributed by atoms with Crippen molar-refractivity contribution in [2.45, 2.75) is 44.0 Å². The predicted octanol–water partition coefficient (Wildman–Crippen LogP) is 4.74. The lowest BCUT2D eigenvalue weighted by molar-refractivity contribution is 0.569. The van der Waals surface area contributed by atoms with Gasteiger partial charge in [0.05, 0.1) is 5.03 Å². The smallest absolute Gasteiger partial charge is 0.0966 e. The molecule has 3 heteroatoms. The number of hydrogen-bond donors (Lipinski definition) is 1. The molecule has 0 bridgehead atoms. The van der Waals surface area contributed by atoms with Crippen LogP contribution in [0.25, 0.3) is 0 Å². The van der Waals surface area contributed by atoms with Gasteiger partial charge in [0.2, 0.25) is 0 Å². The molecule has 112 valence electrons. The van der Waals surface area contributed by atoms with Crippen LogP contribution >= 0.6 is 11.8 Å². The zero-order valence-electron chi connectivity index (χ0n) is 13.1. The Bertz CT molecular complexity index is 569. The first kappa shape index (κ1) is 16.1. The second-order valence-electron chi connectivity index (χ2n) is 5.32. The van der Waals surface area contributed by atoms with Crippen molar-refractivity contribution in [3.63, 3.8) is 0 Å². The van der Waals surface area contributed by atoms with Crippen LogP contribution in [0.4, 0.5) is 0 Å². The first-order valence-corrected chi connectivity index (χ1v) is 8.56. The van der Waals surface area contributed by atoms with Crippen molar-refractivity contribution in [3.8, 4) is 0 Å². The van der Waals surface area contributed by atoms with Gasteiger partial charge in [-0.05, 0) is 55.6 Å². The molecule has 0 saturated carbocycles. The monoisotopic (exact) mass is 300 g/mol. The second kappa shape index (κ2) is 8.20. The fourth-order valence-corrected chi connectivity index (χ4v) is 3.16. The fraction of sp³-hybridized carbons (Fsp3) is 0.389. The van der Waals surface area contributed by atoms with E-state index in [1.165, 1.54) is 16.7 Å². The SMILES string of the molecule is CCCNC(C)c1ccnc(SCc2ccccc2C)c1. The Morgan fingerprint density at radius 1 is 1.24 bits per heavy atom. The van der Waals surface area contributed by atoms with Crippen molar-refractivity contribution < 1.29 is 0 Å². The number of nitrogens with zero attached hydrogens (tertiary/aromatic N) is 1. The minimum absolute atomic E-state index is 0.380. The van der Waals surface area contributed by atoms with Gasteiger partial charge in [-0.3, -0.25) is 0 Å². The highest BCUT2D eigenvalue weighted by atomic mass is 32.2. The molecule has 0 fully saturated rings. The predicted molar refractivity (Wildman–Crippen MR) is 91.7 cm³/mol. The van der Waals surface area contributed by atoms with Gasteiger partial charge in [-0.25, -0.2) is 4.98 Å². The summed E-state index contributed by atoms with van der Waals surface area (Å²) in [5, 5.41) is 4.62. The molecule has 1 N–H and O–H groups in total. The molecule has 0 aliphatic carbocycles. The van der Waals surface area contributed by atoms with Crippen molar-refractivity contribution in [2.24, 2.45) is 0 Å². The maximum Gasteiger partial charge on any atom is 0.0966 e. The minimum atomic E-state index is 0.380. The second-order valence-corrected chi connectivity index (χ2v) is 6.31. The third-order valence-corrected chi connectivity index (χ3v) is 4.57. The molecule has 1 heterocycles. The molecule has 2 nitrogen and oxygen atoms in total. The van der Waals surface area contributed by atoms with Gasteiger partial charge in [0, 0.05) is 18.0 Å². The van der Waals surface area contributed by atoms with E-state index in [1.54, 1.807) is 11.8 Å². The lowest BCUT2D eigenvalue weighted by Gasteiger charge is -2.14. The molecule has 0 aliphatic heterocycles. The molecule has 1 atom stereocenters. The van der Waals surface area contributed by atoms with Crippen molar-refractivity contribution >= 4 is 11.8 Å². The maximum atomic E-state index is 4.48. The molecule has 0 spiro atoms. The summed E-state index contributed by atoms with van der Waals surface area (Å²) < 4.78 is 0. The number of benzene rings is 1. The van der Waals surface area contributed by atoms with Gasteiger partial charge < -0.3 is 5.32 Å². The van der Waals surface area contributed by atoms with Gasteiger partial charge in [0.25, 0.3) is 0 Å². The minimum Gasteiger partial charge on any atom is -0.310 e. The highest BCUT2D eigenvalue weighted by molar-refractivity contribution is 7.98. The molecule has 0 amide bonds. The molecule has 1 aromatic carbocycles. The number of aryl methyl sites for hydroxylation is 1. The zero-order chi connectivity index (χ0) is 15.1. The van der Waals surface area contributed by atoms with Crippen molar-refractivity contribution in [1.29, 1.82) is 0 Å². The maximum absolute atomic E-state index is 4.48. The number of rotatable bonds is 7. The number of hydrogen-bond acceptors (Lipinski definition) is 3. The summed E-state index contributed by atoms with van der Waals surface area (Å²) in [7, 11) is 0. The third-order valence-electron chi connectivity index (χ3n) is 3.60. The van der Waals surface area contributed by atoms with Crippen molar-refractivity contribution in [1.82, 2.24) is 10.3 Å². The highest BCUT2D eigenvalue weighted by Crippen LogP contribution is 2.24. The van der Waals surface area contributed by atoms with Crippen LogP contribution in [0.1, 0.15) is 43.0 Å². The summed E-state index contributed by atoms with van der Waals surface area (Å²) in [5.41, 5.74) is 4.04. The molecule has 0 saturated heterocycles. The molecular formula is C18H24N2S. The summed E-state index contributed by atoms with van der Waals surface area (Å²) in [5.74, 6) is 0.972. The van der Waals surface area contributed by atoms with Crippen LogP contribution < -0.4 is 5.32 Å². The summed E-state index contributed by atoms with van der Waals surface area (Å²) in [4.78, 5) is 4.48. The Balaban J connectivity index is 1.99. The number of nitrogens with one attached hydrogen (secondary N) is 1. The van der Waals surface area contributed by atoms with Crippen LogP contribution in [0.2, 0.25) is 0 Å². The normalized spacial score (nSPS) is 12.3. The van der Waals surface area contributed by atoms with E-state index >= 15 is 0 Å². The Morgan fingerprint density at radius 2 is 2.05 bits per heavy atom. The topological polar surface area (TPSA) is 24.9 Å². The quantitative estimate of drug-likeness (QED) is 0.747. The van der Waals surface area contributed by atoms with Crippen LogP contribution in [0.5, 0.6) is 0 Å². The van der Waals surface area contributed by atoms with Crippen LogP contribution in [-0.2, 0) is 5.75 Å². The average Bonchev–Trinajstić information content (AvgIpc) is 2.52. The van der Waals surface area contributed by atoms with E-state index in [2.05, 4.69) is 67.5 Å². The third kappa shape index (κ3) is 4.87. The Labute approximate surface area is 132 Å². The van der Waals surface area contributed by atoms with Crippen LogP contribution in [0.3, 0.4) is 0 Å². The number of thioether (sulfide) groups is 1. The molecule has 21 heavy (non-hydrogen) atoms. The van der Waals surface area contributed by atoms with Gasteiger partial charge in [0.15, 0.2) is 0 Å². The Kier molecular flexibility index (Phi) is 6.27. The van der Waals surface area contributed by atoms with Crippen LogP contribution in [0.15, 0.2) is 47.6 Å². The van der Waals surface area contributed by atoms with Crippen molar-refractivity contribution in [2.75, 3.05) is 6.54 Å². The van der Waals surface area contributed by atoms with Gasteiger partial charge in [-0.15, -0.1) is 11.8 Å². The molecule has 0 radical (unpaired) electrons. The van der Waals surface area contributed by atoms with E-state index in [1.807, 2.05) is 6.20 Å². The summed E-state index contributed by atoms with van der Waals surface area (Å²) in [6.45, 7) is 7.61. The zero-order valence-corrected chi connectivity index (χ0v) is 13.9. The van der Waals surface area contributed by atoms with E-state index in [9.17, 15) is 0 Å². The molecule has 2 rings (SSSR count). The van der Waals surface area contributed by atoms with Gasteiger partial charge in [-0.2, -0.15) is 0 Å². The lowest BCUT2D eigenvalue weighted by atomic mass is 10.1. The van der Waals surface area contributed by atoms with E-state index in [0.717, 1.165) is 23.7 Å². The lowest BCUT2D eigenvalue weighted by Crippen LogP contribution is -2.19. The summed E-state index contributed by atoms with van der Waals surface area (Å²) in [6.07, 6.45) is 3.07. The van der Waals surface area contributed by atoms with Gasteiger partial charge >= 0.3 is 0 Å². The highest BCUT2D eigenvalue weighted by Gasteiger charge is 2.06. The average molecular weight is 300 g/mol. The van der Waals surface area contributed by atoms with E-state index in [0.29, 0.717) is 6.04 Å². The molecular weight excluding hydrogens is 276 g/mol. The van der Waals surface area contributed by atoms with Crippen LogP contribution in [0, 0.1) is 6.92 Å². The molecule has 1 aromatic heterocycles. The first-order valence-electron chi connectivity index (χ1n) is 7.57. The van der Waals surface area contributed by atoms with Gasteiger partial charge in [-0.1, -0.05) is 31.2 Å².